The Balaban J connectivity index is 1.81. The molecule has 1 unspecified atom stereocenters. The van der Waals surface area contributed by atoms with E-state index in [1.165, 1.54) is 63.4 Å². The molecule has 0 N–H and O–H groups in total. The van der Waals surface area contributed by atoms with Gasteiger partial charge in [0.1, 0.15) is 0 Å². The molecule has 1 aliphatic rings. The zero-order valence-corrected chi connectivity index (χ0v) is 18.3. The van der Waals surface area contributed by atoms with E-state index < -0.39 is 12.1 Å². The Morgan fingerprint density at radius 3 is 2.34 bits per heavy atom. The zero-order chi connectivity index (χ0) is 21.1. The number of rotatable bonds is 9. The Kier molecular flexibility index (Phi) is 9.98. The Morgan fingerprint density at radius 2 is 1.72 bits per heavy atom. The minimum atomic E-state index is -0.839. The average molecular weight is 397 g/mol. The number of unbranched alkanes of at least 4 members (excludes halogenated alkanes) is 3. The second-order valence-corrected chi connectivity index (χ2v) is 8.26. The molecule has 1 atom stereocenters. The minimum absolute atomic E-state index is 0.358. The van der Waals surface area contributed by atoms with Crippen LogP contribution in [0.3, 0.4) is 0 Å². The number of hydrogen-bond donors (Lipinski definition) is 0. The van der Waals surface area contributed by atoms with Crippen LogP contribution in [0.2, 0.25) is 0 Å². The van der Waals surface area contributed by atoms with Crippen molar-refractivity contribution in [2.45, 2.75) is 97.0 Å². The summed E-state index contributed by atoms with van der Waals surface area (Å²) in [5.74, 6) is 5.88. The van der Waals surface area contributed by atoms with Crippen LogP contribution in [-0.4, -0.2) is 17.9 Å². The molecule has 0 aromatic heterocycles. The monoisotopic (exact) mass is 396 g/mol. The maximum atomic E-state index is 12.3. The molecule has 1 fully saturated rings. The maximum absolute atomic E-state index is 12.3. The van der Waals surface area contributed by atoms with Gasteiger partial charge in [-0.1, -0.05) is 64.0 Å². The van der Waals surface area contributed by atoms with E-state index in [1.807, 2.05) is 31.2 Å². The van der Waals surface area contributed by atoms with Gasteiger partial charge in [-0.2, -0.15) is 0 Å². The van der Waals surface area contributed by atoms with E-state index in [9.17, 15) is 9.59 Å². The highest BCUT2D eigenvalue weighted by Gasteiger charge is 2.23. The smallest absolute Gasteiger partial charge is 0.338 e. The highest BCUT2D eigenvalue weighted by atomic mass is 16.5. The summed E-state index contributed by atoms with van der Waals surface area (Å²) in [5.41, 5.74) is 1.80. The van der Waals surface area contributed by atoms with Crippen molar-refractivity contribution < 1.29 is 14.3 Å². The lowest BCUT2D eigenvalue weighted by molar-refractivity contribution is -0.121. The quantitative estimate of drug-likeness (QED) is 0.208. The molecule has 0 radical (unpaired) electrons. The molecule has 3 nitrogen and oxygen atoms in total. The van der Waals surface area contributed by atoms with Gasteiger partial charge in [0.25, 0.3) is 0 Å². The molecule has 0 saturated heterocycles. The highest BCUT2D eigenvalue weighted by Crippen LogP contribution is 2.37. The van der Waals surface area contributed by atoms with Gasteiger partial charge in [0.2, 0.25) is 5.78 Å². The molecule has 1 aromatic carbocycles. The molecule has 1 aliphatic carbocycles. The van der Waals surface area contributed by atoms with Crippen molar-refractivity contribution in [3.63, 3.8) is 0 Å². The number of esters is 1. The normalized spacial score (nSPS) is 19.7. The summed E-state index contributed by atoms with van der Waals surface area (Å²) in [4.78, 5) is 24.1. The topological polar surface area (TPSA) is 43.4 Å². The highest BCUT2D eigenvalue weighted by molar-refractivity contribution is 6.01. The van der Waals surface area contributed by atoms with Gasteiger partial charge in [-0.05, 0) is 68.1 Å². The van der Waals surface area contributed by atoms with E-state index >= 15 is 0 Å². The van der Waals surface area contributed by atoms with Crippen molar-refractivity contribution in [3.05, 3.63) is 35.4 Å². The molecule has 158 valence electrons. The third-order valence-electron chi connectivity index (χ3n) is 5.97. The van der Waals surface area contributed by atoms with Crippen molar-refractivity contribution in [1.82, 2.24) is 0 Å². The van der Waals surface area contributed by atoms with Gasteiger partial charge in [-0.15, -0.1) is 0 Å². The van der Waals surface area contributed by atoms with Crippen LogP contribution in [-0.2, 0) is 9.53 Å². The van der Waals surface area contributed by atoms with E-state index in [0.717, 1.165) is 5.92 Å². The Hall–Kier alpha value is -2.08. The maximum Gasteiger partial charge on any atom is 0.338 e. The van der Waals surface area contributed by atoms with E-state index in [1.54, 1.807) is 6.92 Å². The molecule has 29 heavy (non-hydrogen) atoms. The molecule has 0 spiro atoms. The van der Waals surface area contributed by atoms with Crippen LogP contribution in [0.4, 0.5) is 0 Å². The number of hydrogen-bond acceptors (Lipinski definition) is 3. The van der Waals surface area contributed by atoms with Crippen LogP contribution in [0.25, 0.3) is 0 Å². The van der Waals surface area contributed by atoms with Crippen molar-refractivity contribution in [2.75, 3.05) is 0 Å². The molecular formula is C26H36O3. The summed E-state index contributed by atoms with van der Waals surface area (Å²) in [6.45, 7) is 5.71. The lowest BCUT2D eigenvalue weighted by Crippen LogP contribution is -2.23. The first-order chi connectivity index (χ1) is 14.0. The van der Waals surface area contributed by atoms with Gasteiger partial charge in [0.15, 0.2) is 6.10 Å². The molecule has 0 amide bonds. The predicted molar refractivity (Wildman–Crippen MR) is 118 cm³/mol. The first kappa shape index (κ1) is 23.2. The zero-order valence-electron chi connectivity index (χ0n) is 18.3. The Labute approximate surface area is 176 Å². The lowest BCUT2D eigenvalue weighted by Gasteiger charge is -2.29. The summed E-state index contributed by atoms with van der Waals surface area (Å²) < 4.78 is 5.26. The lowest BCUT2D eigenvalue weighted by atomic mass is 9.77. The first-order valence-electron chi connectivity index (χ1n) is 11.4. The minimum Gasteiger partial charge on any atom is -0.450 e. The van der Waals surface area contributed by atoms with Gasteiger partial charge in [0.05, 0.1) is 5.56 Å². The number of carbonyl (C=O) groups excluding carboxylic acids is 2. The summed E-state index contributed by atoms with van der Waals surface area (Å²) in [5, 5.41) is 0. The molecule has 0 heterocycles. The number of ketones is 1. The average Bonchev–Trinajstić information content (AvgIpc) is 2.75. The largest absolute Gasteiger partial charge is 0.450 e. The van der Waals surface area contributed by atoms with Crippen LogP contribution in [0.1, 0.15) is 107 Å². The van der Waals surface area contributed by atoms with Crippen LogP contribution in [0, 0.1) is 17.8 Å². The van der Waals surface area contributed by atoms with Crippen LogP contribution >= 0.6 is 0 Å². The van der Waals surface area contributed by atoms with Gasteiger partial charge in [0, 0.05) is 6.42 Å². The molecule has 1 aromatic rings. The third kappa shape index (κ3) is 7.69. The molecule has 3 heteroatoms. The van der Waals surface area contributed by atoms with Crippen LogP contribution in [0.15, 0.2) is 24.3 Å². The summed E-state index contributed by atoms with van der Waals surface area (Å²) in [7, 11) is 0. The first-order valence-corrected chi connectivity index (χ1v) is 11.4. The number of benzene rings is 1. The van der Waals surface area contributed by atoms with E-state index in [2.05, 4.69) is 18.8 Å². The van der Waals surface area contributed by atoms with Gasteiger partial charge < -0.3 is 4.74 Å². The van der Waals surface area contributed by atoms with Crippen LogP contribution in [0.5, 0.6) is 0 Å². The standard InChI is InChI=1S/C26H36O3/c1-4-6-8-9-10-21-12-14-22(15-13-21)23-16-18-24(19-17-23)26(28)29-20(3)25(27)11-7-5-2/h16-22H,4-6,8-10,12-15H2,1-3H3/t20?,21-,22-. The fourth-order valence-corrected chi connectivity index (χ4v) is 4.09. The number of Topliss-reactive ketones (excluding diaryl/α,β-unsaturated/α-hetero) is 1. The number of carbonyl (C=O) groups is 2. The van der Waals surface area contributed by atoms with E-state index in [0.29, 0.717) is 17.9 Å². The van der Waals surface area contributed by atoms with Crippen molar-refractivity contribution in [2.24, 2.45) is 5.92 Å². The summed E-state index contributed by atoms with van der Waals surface area (Å²) in [6, 6.07) is 7.74. The van der Waals surface area contributed by atoms with Gasteiger partial charge >= 0.3 is 5.97 Å². The Morgan fingerprint density at radius 1 is 1.03 bits per heavy atom. The predicted octanol–water partition coefficient (Wildman–Crippen LogP) is 6.46. The van der Waals surface area contributed by atoms with Crippen molar-refractivity contribution >= 4 is 11.8 Å². The number of ether oxygens (including phenoxy) is 1. The fraction of sp³-hybridized carbons (Fsp3) is 0.615. The Bertz CT molecular complexity index is 700. The summed E-state index contributed by atoms with van der Waals surface area (Å²) >= 11 is 0. The SMILES string of the molecule is CCC#CC(=O)C(C)OC(=O)c1ccc([C@H]2CC[C@H](CCCCCC)CC2)cc1. The molecular weight excluding hydrogens is 360 g/mol. The van der Waals surface area contributed by atoms with E-state index in [4.69, 9.17) is 4.74 Å². The van der Waals surface area contributed by atoms with Crippen molar-refractivity contribution in [1.29, 1.82) is 0 Å². The van der Waals surface area contributed by atoms with Crippen LogP contribution < -0.4 is 0 Å². The van der Waals surface area contributed by atoms with Crippen molar-refractivity contribution in [3.8, 4) is 11.8 Å². The van der Waals surface area contributed by atoms with Gasteiger partial charge in [-0.25, -0.2) is 4.79 Å². The second-order valence-electron chi connectivity index (χ2n) is 8.26. The molecule has 0 bridgehead atoms. The fourth-order valence-electron chi connectivity index (χ4n) is 4.09. The van der Waals surface area contributed by atoms with Gasteiger partial charge in [-0.3, -0.25) is 4.79 Å². The third-order valence-corrected chi connectivity index (χ3v) is 5.97. The molecule has 2 rings (SSSR count). The second kappa shape index (κ2) is 12.5. The molecule has 0 aliphatic heterocycles. The van der Waals surface area contributed by atoms with E-state index in [-0.39, 0.29) is 5.78 Å². The molecule has 1 saturated carbocycles. The summed E-state index contributed by atoms with van der Waals surface area (Å²) in [6.07, 6.45) is 11.7.